The highest BCUT2D eigenvalue weighted by Crippen LogP contribution is 2.12. The van der Waals surface area contributed by atoms with E-state index < -0.39 is 6.04 Å². The lowest BCUT2D eigenvalue weighted by Gasteiger charge is -2.06. The van der Waals surface area contributed by atoms with Crippen molar-refractivity contribution in [2.24, 2.45) is 5.10 Å². The number of rotatable bonds is 5. The zero-order valence-corrected chi connectivity index (χ0v) is 14.4. The van der Waals surface area contributed by atoms with Crippen LogP contribution in [0.3, 0.4) is 0 Å². The molecule has 0 aliphatic carbocycles. The Morgan fingerprint density at radius 3 is 2.81 bits per heavy atom. The Morgan fingerprint density at radius 1 is 1.27 bits per heavy atom. The number of hydrazone groups is 1. The SMILES string of the molecule is Cc1ccc2occ(/C=N\NC(=O)[C@@H]([NH3+])Cc3ccccc3)c(=O)c2c1. The van der Waals surface area contributed by atoms with Crippen LogP contribution in [0.15, 0.2) is 69.1 Å². The van der Waals surface area contributed by atoms with E-state index in [2.05, 4.69) is 16.3 Å². The van der Waals surface area contributed by atoms with Crippen molar-refractivity contribution in [3.05, 3.63) is 81.7 Å². The van der Waals surface area contributed by atoms with E-state index in [0.717, 1.165) is 11.1 Å². The molecule has 0 saturated heterocycles. The highest BCUT2D eigenvalue weighted by atomic mass is 16.3. The predicted octanol–water partition coefficient (Wildman–Crippen LogP) is 1.40. The maximum atomic E-state index is 12.5. The first-order valence-electron chi connectivity index (χ1n) is 8.26. The van der Waals surface area contributed by atoms with Crippen LogP contribution >= 0.6 is 0 Å². The summed E-state index contributed by atoms with van der Waals surface area (Å²) in [6.07, 6.45) is 3.14. The second-order valence-electron chi connectivity index (χ2n) is 6.14. The lowest BCUT2D eigenvalue weighted by atomic mass is 10.1. The van der Waals surface area contributed by atoms with Gasteiger partial charge in [-0.15, -0.1) is 0 Å². The molecule has 1 amide bonds. The van der Waals surface area contributed by atoms with Gasteiger partial charge in [0.05, 0.1) is 17.2 Å². The number of carbonyl (C=O) groups excluding carboxylic acids is 1. The molecule has 6 heteroatoms. The Bertz CT molecular complexity index is 1010. The quantitative estimate of drug-likeness (QED) is 0.537. The molecule has 0 aliphatic heterocycles. The third kappa shape index (κ3) is 4.04. The molecule has 3 rings (SSSR count). The number of benzene rings is 2. The van der Waals surface area contributed by atoms with Gasteiger partial charge < -0.3 is 10.2 Å². The van der Waals surface area contributed by atoms with Crippen LogP contribution in [0.25, 0.3) is 11.0 Å². The fourth-order valence-corrected chi connectivity index (χ4v) is 2.60. The van der Waals surface area contributed by atoms with Crippen molar-refractivity contribution in [2.45, 2.75) is 19.4 Å². The normalized spacial score (nSPS) is 12.4. The molecule has 6 nitrogen and oxygen atoms in total. The number of nitrogens with one attached hydrogen (secondary N) is 1. The highest BCUT2D eigenvalue weighted by Gasteiger charge is 2.17. The van der Waals surface area contributed by atoms with E-state index in [1.807, 2.05) is 43.3 Å². The molecule has 0 bridgehead atoms. The number of nitrogens with zero attached hydrogens (tertiary/aromatic N) is 1. The molecule has 1 heterocycles. The van der Waals surface area contributed by atoms with E-state index in [0.29, 0.717) is 17.4 Å². The van der Waals surface area contributed by atoms with Crippen molar-refractivity contribution in [1.82, 2.24) is 5.43 Å². The molecule has 0 aliphatic rings. The van der Waals surface area contributed by atoms with Crippen molar-refractivity contribution >= 4 is 23.1 Å². The van der Waals surface area contributed by atoms with Gasteiger partial charge in [-0.05, 0) is 24.6 Å². The zero-order valence-electron chi connectivity index (χ0n) is 14.4. The monoisotopic (exact) mass is 350 g/mol. The molecule has 132 valence electrons. The van der Waals surface area contributed by atoms with Crippen LogP contribution in [-0.2, 0) is 11.2 Å². The number of hydrogen-bond donors (Lipinski definition) is 2. The standard InChI is InChI=1S/C20H19N3O3/c1-13-7-8-18-16(9-13)19(24)15(12-26-18)11-22-23-20(25)17(21)10-14-5-3-2-4-6-14/h2-9,11-12,17H,10,21H2,1H3,(H,23,25)/p+1/b22-11-/t17-/m0/s1. The van der Waals surface area contributed by atoms with E-state index in [4.69, 9.17) is 4.42 Å². The van der Waals surface area contributed by atoms with Crippen molar-refractivity contribution < 1.29 is 14.9 Å². The fourth-order valence-electron chi connectivity index (χ4n) is 2.60. The van der Waals surface area contributed by atoms with Crippen molar-refractivity contribution in [1.29, 1.82) is 0 Å². The maximum Gasteiger partial charge on any atom is 0.298 e. The summed E-state index contributed by atoms with van der Waals surface area (Å²) < 4.78 is 5.45. The fraction of sp³-hybridized carbons (Fsp3) is 0.150. The summed E-state index contributed by atoms with van der Waals surface area (Å²) in [7, 11) is 0. The van der Waals surface area contributed by atoms with Crippen LogP contribution in [0.4, 0.5) is 0 Å². The molecule has 0 fully saturated rings. The largest absolute Gasteiger partial charge is 0.463 e. The molecule has 1 aromatic heterocycles. The summed E-state index contributed by atoms with van der Waals surface area (Å²) in [6.45, 7) is 1.90. The van der Waals surface area contributed by atoms with Crippen LogP contribution in [0, 0.1) is 6.92 Å². The first-order valence-corrected chi connectivity index (χ1v) is 8.26. The van der Waals surface area contributed by atoms with Gasteiger partial charge in [-0.2, -0.15) is 5.10 Å². The van der Waals surface area contributed by atoms with E-state index >= 15 is 0 Å². The molecule has 0 saturated carbocycles. The number of aryl methyl sites for hydroxylation is 1. The van der Waals surface area contributed by atoms with Gasteiger partial charge in [0.15, 0.2) is 6.04 Å². The molecule has 3 aromatic rings. The van der Waals surface area contributed by atoms with E-state index in [1.165, 1.54) is 12.5 Å². The average molecular weight is 350 g/mol. The number of quaternary nitrogens is 1. The zero-order chi connectivity index (χ0) is 18.5. The molecule has 4 N–H and O–H groups in total. The summed E-state index contributed by atoms with van der Waals surface area (Å²) >= 11 is 0. The molecule has 0 radical (unpaired) electrons. The molecular weight excluding hydrogens is 330 g/mol. The summed E-state index contributed by atoms with van der Waals surface area (Å²) in [5.74, 6) is -0.314. The first-order chi connectivity index (χ1) is 12.5. The highest BCUT2D eigenvalue weighted by molar-refractivity contribution is 5.88. The third-order valence-corrected chi connectivity index (χ3v) is 4.03. The van der Waals surface area contributed by atoms with Crippen molar-refractivity contribution in [3.8, 4) is 0 Å². The Balaban J connectivity index is 1.68. The van der Waals surface area contributed by atoms with Gasteiger partial charge >= 0.3 is 0 Å². The van der Waals surface area contributed by atoms with Crippen LogP contribution in [-0.4, -0.2) is 18.2 Å². The molecule has 0 spiro atoms. The van der Waals surface area contributed by atoms with Gasteiger partial charge in [-0.3, -0.25) is 9.59 Å². The minimum absolute atomic E-state index is 0.191. The number of fused-ring (bicyclic) bond motifs is 1. The van der Waals surface area contributed by atoms with Crippen LogP contribution < -0.4 is 16.6 Å². The predicted molar refractivity (Wildman–Crippen MR) is 99.8 cm³/mol. The second kappa shape index (κ2) is 7.76. The number of amides is 1. The average Bonchev–Trinajstić information content (AvgIpc) is 2.64. The Morgan fingerprint density at radius 2 is 2.04 bits per heavy atom. The minimum atomic E-state index is -0.481. The van der Waals surface area contributed by atoms with Gasteiger partial charge in [0.25, 0.3) is 5.91 Å². The molecule has 26 heavy (non-hydrogen) atoms. The van der Waals surface area contributed by atoms with E-state index in [9.17, 15) is 9.59 Å². The van der Waals surface area contributed by atoms with Gasteiger partial charge in [0.1, 0.15) is 11.8 Å². The van der Waals surface area contributed by atoms with Crippen molar-refractivity contribution in [3.63, 3.8) is 0 Å². The smallest absolute Gasteiger partial charge is 0.298 e. The minimum Gasteiger partial charge on any atom is -0.463 e. The van der Waals surface area contributed by atoms with Crippen LogP contribution in [0.5, 0.6) is 0 Å². The number of carbonyl (C=O) groups is 1. The van der Waals surface area contributed by atoms with Gasteiger partial charge in [0, 0.05) is 6.42 Å². The lowest BCUT2D eigenvalue weighted by Crippen LogP contribution is -2.68. The van der Waals surface area contributed by atoms with Crippen LogP contribution in [0.2, 0.25) is 0 Å². The summed E-state index contributed by atoms with van der Waals surface area (Å²) in [5.41, 5.74) is 8.87. The first kappa shape index (κ1) is 17.6. The molecule has 0 unspecified atom stereocenters. The van der Waals surface area contributed by atoms with Crippen LogP contribution in [0.1, 0.15) is 16.7 Å². The Hall–Kier alpha value is -3.25. The Kier molecular flexibility index (Phi) is 5.24. The molecular formula is C20H20N3O3+. The van der Waals surface area contributed by atoms with Gasteiger partial charge in [0.2, 0.25) is 5.43 Å². The van der Waals surface area contributed by atoms with E-state index in [1.54, 1.807) is 12.1 Å². The van der Waals surface area contributed by atoms with E-state index in [-0.39, 0.29) is 16.9 Å². The Labute approximate surface area is 150 Å². The topological polar surface area (TPSA) is 99.3 Å². The lowest BCUT2D eigenvalue weighted by molar-refractivity contribution is -0.403. The molecule has 2 aromatic carbocycles. The maximum absolute atomic E-state index is 12.5. The van der Waals surface area contributed by atoms with Crippen molar-refractivity contribution in [2.75, 3.05) is 0 Å². The van der Waals surface area contributed by atoms with Gasteiger partial charge in [-0.1, -0.05) is 42.0 Å². The third-order valence-electron chi connectivity index (χ3n) is 4.03. The number of hydrogen-bond acceptors (Lipinski definition) is 4. The summed E-state index contributed by atoms with van der Waals surface area (Å²) in [5, 5.41) is 4.36. The summed E-state index contributed by atoms with van der Waals surface area (Å²) in [4.78, 5) is 24.5. The van der Waals surface area contributed by atoms with Gasteiger partial charge in [-0.25, -0.2) is 5.43 Å². The second-order valence-corrected chi connectivity index (χ2v) is 6.14. The summed E-state index contributed by atoms with van der Waals surface area (Å²) in [6, 6.07) is 14.5. The molecule has 1 atom stereocenters.